The van der Waals surface area contributed by atoms with Crippen LogP contribution >= 0.6 is 11.6 Å². The van der Waals surface area contributed by atoms with E-state index < -0.39 is 6.09 Å². The minimum atomic E-state index is -0.519. The number of benzene rings is 1. The fourth-order valence-corrected chi connectivity index (χ4v) is 1.39. The van der Waals surface area contributed by atoms with Crippen molar-refractivity contribution >= 4 is 23.4 Å². The zero-order chi connectivity index (χ0) is 13.4. The highest BCUT2D eigenvalue weighted by atomic mass is 35.5. The van der Waals surface area contributed by atoms with Gasteiger partial charge in [0.05, 0.1) is 18.8 Å². The number of ether oxygens (including phenoxy) is 1. The SMILES string of the molecule is CCCOC(=O)Nc1cc(Cl)ccc1C#CCN. The summed E-state index contributed by atoms with van der Waals surface area (Å²) in [6, 6.07) is 5.04. The summed E-state index contributed by atoms with van der Waals surface area (Å²) in [5.41, 5.74) is 6.48. The van der Waals surface area contributed by atoms with Crippen LogP contribution in [0.1, 0.15) is 18.9 Å². The number of hydrogen-bond acceptors (Lipinski definition) is 3. The fourth-order valence-electron chi connectivity index (χ4n) is 1.22. The molecular formula is C13H15ClN2O2. The lowest BCUT2D eigenvalue weighted by molar-refractivity contribution is 0.161. The van der Waals surface area contributed by atoms with E-state index >= 15 is 0 Å². The lowest BCUT2D eigenvalue weighted by Gasteiger charge is -2.08. The van der Waals surface area contributed by atoms with Gasteiger partial charge >= 0.3 is 6.09 Å². The Balaban J connectivity index is 2.85. The van der Waals surface area contributed by atoms with Gasteiger partial charge < -0.3 is 10.5 Å². The van der Waals surface area contributed by atoms with E-state index in [1.54, 1.807) is 18.2 Å². The van der Waals surface area contributed by atoms with E-state index in [0.29, 0.717) is 22.9 Å². The maximum Gasteiger partial charge on any atom is 0.411 e. The number of amides is 1. The van der Waals surface area contributed by atoms with Crippen molar-refractivity contribution in [2.24, 2.45) is 5.73 Å². The van der Waals surface area contributed by atoms with Gasteiger partial charge in [-0.25, -0.2) is 4.79 Å². The van der Waals surface area contributed by atoms with Gasteiger partial charge in [-0.05, 0) is 24.6 Å². The van der Waals surface area contributed by atoms with Crippen LogP contribution in [0.25, 0.3) is 0 Å². The van der Waals surface area contributed by atoms with Crippen molar-refractivity contribution in [3.63, 3.8) is 0 Å². The molecule has 1 amide bonds. The monoisotopic (exact) mass is 266 g/mol. The molecule has 5 heteroatoms. The van der Waals surface area contributed by atoms with Crippen LogP contribution in [0.4, 0.5) is 10.5 Å². The number of carbonyl (C=O) groups excluding carboxylic acids is 1. The number of anilines is 1. The number of rotatable bonds is 3. The second kappa shape index (κ2) is 7.59. The quantitative estimate of drug-likeness (QED) is 0.827. The van der Waals surface area contributed by atoms with Crippen LogP contribution in [0.15, 0.2) is 18.2 Å². The third-order valence-corrected chi connectivity index (χ3v) is 2.22. The number of nitrogens with one attached hydrogen (secondary N) is 1. The molecule has 0 radical (unpaired) electrons. The van der Waals surface area contributed by atoms with Crippen molar-refractivity contribution in [2.75, 3.05) is 18.5 Å². The minimum absolute atomic E-state index is 0.252. The first-order chi connectivity index (χ1) is 8.67. The normalized spacial score (nSPS) is 9.28. The Kier molecular flexibility index (Phi) is 6.06. The molecule has 0 aliphatic rings. The van der Waals surface area contributed by atoms with Crippen LogP contribution in [0.2, 0.25) is 5.02 Å². The second-order valence-electron chi connectivity index (χ2n) is 3.46. The molecule has 0 fully saturated rings. The van der Waals surface area contributed by atoms with Crippen molar-refractivity contribution < 1.29 is 9.53 Å². The molecule has 4 nitrogen and oxygen atoms in total. The van der Waals surface area contributed by atoms with Gasteiger partial charge in [0.1, 0.15) is 0 Å². The molecule has 18 heavy (non-hydrogen) atoms. The lowest BCUT2D eigenvalue weighted by Crippen LogP contribution is -2.14. The molecule has 0 saturated carbocycles. The lowest BCUT2D eigenvalue weighted by atomic mass is 10.2. The van der Waals surface area contributed by atoms with Crippen LogP contribution in [-0.2, 0) is 4.74 Å². The molecule has 0 spiro atoms. The van der Waals surface area contributed by atoms with Gasteiger partial charge in [-0.2, -0.15) is 0 Å². The first-order valence-electron chi connectivity index (χ1n) is 5.59. The Morgan fingerprint density at radius 1 is 1.56 bits per heavy atom. The molecule has 0 saturated heterocycles. The number of nitrogens with two attached hydrogens (primary N) is 1. The van der Waals surface area contributed by atoms with Gasteiger partial charge in [0, 0.05) is 10.6 Å². The average Bonchev–Trinajstić information content (AvgIpc) is 2.35. The summed E-state index contributed by atoms with van der Waals surface area (Å²) in [7, 11) is 0. The highest BCUT2D eigenvalue weighted by Gasteiger charge is 2.07. The summed E-state index contributed by atoms with van der Waals surface area (Å²) in [5, 5.41) is 3.12. The van der Waals surface area contributed by atoms with Crippen LogP contribution in [0.3, 0.4) is 0 Å². The van der Waals surface area contributed by atoms with Crippen LogP contribution < -0.4 is 11.1 Å². The van der Waals surface area contributed by atoms with Crippen molar-refractivity contribution in [2.45, 2.75) is 13.3 Å². The predicted molar refractivity (Wildman–Crippen MR) is 72.6 cm³/mol. The van der Waals surface area contributed by atoms with Gasteiger partial charge in [-0.1, -0.05) is 30.4 Å². The highest BCUT2D eigenvalue weighted by molar-refractivity contribution is 6.31. The highest BCUT2D eigenvalue weighted by Crippen LogP contribution is 2.20. The summed E-state index contributed by atoms with van der Waals surface area (Å²) >= 11 is 5.87. The van der Waals surface area contributed by atoms with Crippen LogP contribution in [0, 0.1) is 11.8 Å². The molecule has 3 N–H and O–H groups in total. The van der Waals surface area contributed by atoms with E-state index in [9.17, 15) is 4.79 Å². The molecule has 0 heterocycles. The topological polar surface area (TPSA) is 64.3 Å². The molecule has 1 rings (SSSR count). The molecule has 96 valence electrons. The summed E-state index contributed by atoms with van der Waals surface area (Å²) in [4.78, 5) is 11.5. The van der Waals surface area contributed by atoms with E-state index in [4.69, 9.17) is 22.1 Å². The van der Waals surface area contributed by atoms with Crippen LogP contribution in [-0.4, -0.2) is 19.2 Å². The Bertz CT molecular complexity index is 478. The van der Waals surface area contributed by atoms with Crippen molar-refractivity contribution in [1.82, 2.24) is 0 Å². The van der Waals surface area contributed by atoms with E-state index in [-0.39, 0.29) is 6.54 Å². The predicted octanol–water partition coefficient (Wildman–Crippen LogP) is 2.61. The summed E-state index contributed by atoms with van der Waals surface area (Å²) in [5.74, 6) is 5.58. The molecule has 0 unspecified atom stereocenters. The van der Waals surface area contributed by atoms with E-state index in [1.807, 2.05) is 6.92 Å². The van der Waals surface area contributed by atoms with Gasteiger partial charge in [0.2, 0.25) is 0 Å². The van der Waals surface area contributed by atoms with Crippen molar-refractivity contribution in [1.29, 1.82) is 0 Å². The standard InChI is InChI=1S/C13H15ClN2O2/c1-2-8-18-13(17)16-12-9-11(14)6-5-10(12)4-3-7-15/h5-6,9H,2,7-8,15H2,1H3,(H,16,17). The molecule has 0 aliphatic heterocycles. The fraction of sp³-hybridized carbons (Fsp3) is 0.308. The Labute approximate surface area is 111 Å². The largest absolute Gasteiger partial charge is 0.449 e. The van der Waals surface area contributed by atoms with Crippen molar-refractivity contribution in [3.05, 3.63) is 28.8 Å². The minimum Gasteiger partial charge on any atom is -0.449 e. The molecule has 1 aromatic rings. The van der Waals surface area contributed by atoms with E-state index in [2.05, 4.69) is 17.2 Å². The molecular weight excluding hydrogens is 252 g/mol. The van der Waals surface area contributed by atoms with Gasteiger partial charge in [-0.15, -0.1) is 0 Å². The van der Waals surface area contributed by atoms with Gasteiger partial charge in [-0.3, -0.25) is 5.32 Å². The number of hydrogen-bond donors (Lipinski definition) is 2. The summed E-state index contributed by atoms with van der Waals surface area (Å²) in [6.45, 7) is 2.55. The zero-order valence-corrected chi connectivity index (χ0v) is 10.9. The van der Waals surface area contributed by atoms with E-state index in [0.717, 1.165) is 6.42 Å². The third-order valence-electron chi connectivity index (χ3n) is 1.98. The molecule has 0 aliphatic carbocycles. The molecule has 1 aromatic carbocycles. The Morgan fingerprint density at radius 2 is 2.33 bits per heavy atom. The van der Waals surface area contributed by atoms with E-state index in [1.165, 1.54) is 0 Å². The maximum absolute atomic E-state index is 11.5. The average molecular weight is 267 g/mol. The Hall–Kier alpha value is -1.70. The first-order valence-corrected chi connectivity index (χ1v) is 5.97. The first kappa shape index (κ1) is 14.4. The smallest absolute Gasteiger partial charge is 0.411 e. The molecule has 0 bridgehead atoms. The Morgan fingerprint density at radius 3 is 3.00 bits per heavy atom. The van der Waals surface area contributed by atoms with Gasteiger partial charge in [0.25, 0.3) is 0 Å². The third kappa shape index (κ3) is 4.66. The molecule has 0 atom stereocenters. The van der Waals surface area contributed by atoms with Gasteiger partial charge in [0.15, 0.2) is 0 Å². The van der Waals surface area contributed by atoms with Crippen molar-refractivity contribution in [3.8, 4) is 11.8 Å². The maximum atomic E-state index is 11.5. The second-order valence-corrected chi connectivity index (χ2v) is 3.89. The number of halogens is 1. The molecule has 0 aromatic heterocycles. The number of carbonyl (C=O) groups is 1. The van der Waals surface area contributed by atoms with Crippen LogP contribution in [0.5, 0.6) is 0 Å². The summed E-state index contributed by atoms with van der Waals surface area (Å²) in [6.07, 6.45) is 0.248. The summed E-state index contributed by atoms with van der Waals surface area (Å²) < 4.78 is 4.93. The zero-order valence-electron chi connectivity index (χ0n) is 10.1.